The van der Waals surface area contributed by atoms with Gasteiger partial charge in [-0.05, 0) is 11.4 Å². The summed E-state index contributed by atoms with van der Waals surface area (Å²) < 4.78 is 0. The number of nitrogens with one attached hydrogen (secondary N) is 2. The third-order valence-electron chi connectivity index (χ3n) is 1.25. The Hall–Kier alpha value is -1.40. The first-order valence-corrected chi connectivity index (χ1v) is 4.44. The van der Waals surface area contributed by atoms with E-state index in [1.807, 2.05) is 0 Å². The van der Waals surface area contributed by atoms with Gasteiger partial charge < -0.3 is 5.73 Å². The summed E-state index contributed by atoms with van der Waals surface area (Å²) in [7, 11) is 0. The van der Waals surface area contributed by atoms with Crippen molar-refractivity contribution >= 4 is 23.2 Å². The molecule has 2 amide bonds. The van der Waals surface area contributed by atoms with Crippen LogP contribution in [-0.4, -0.2) is 18.4 Å². The number of nitrogens with two attached hydrogens (primary N) is 1. The lowest BCUT2D eigenvalue weighted by atomic mass is 10.4. The molecule has 0 aliphatic rings. The standard InChI is InChI=1S/C7H9N3O2S/c8-4-6(11)9-10-7(12)5-2-1-3-13-5/h1-3H,4,8H2,(H,9,11)(H,10,12). The minimum atomic E-state index is -0.426. The van der Waals surface area contributed by atoms with Crippen LogP contribution in [0.2, 0.25) is 0 Å². The highest BCUT2D eigenvalue weighted by molar-refractivity contribution is 7.12. The van der Waals surface area contributed by atoms with E-state index in [4.69, 9.17) is 5.73 Å². The summed E-state index contributed by atoms with van der Waals surface area (Å²) in [5, 5.41) is 1.78. The van der Waals surface area contributed by atoms with Crippen LogP contribution in [0.15, 0.2) is 17.5 Å². The molecule has 0 bridgehead atoms. The fraction of sp³-hybridized carbons (Fsp3) is 0.143. The van der Waals surface area contributed by atoms with E-state index in [0.717, 1.165) is 0 Å². The summed E-state index contributed by atoms with van der Waals surface area (Å²) in [6.07, 6.45) is 0. The van der Waals surface area contributed by atoms with Gasteiger partial charge in [-0.1, -0.05) is 6.07 Å². The van der Waals surface area contributed by atoms with Crippen LogP contribution in [0.25, 0.3) is 0 Å². The number of thiophene rings is 1. The first kappa shape index (κ1) is 9.69. The van der Waals surface area contributed by atoms with Gasteiger partial charge >= 0.3 is 0 Å². The quantitative estimate of drug-likeness (QED) is 0.560. The van der Waals surface area contributed by atoms with Crippen molar-refractivity contribution in [2.45, 2.75) is 0 Å². The predicted molar refractivity (Wildman–Crippen MR) is 49.0 cm³/mol. The molecule has 0 spiro atoms. The van der Waals surface area contributed by atoms with Crippen molar-refractivity contribution in [1.82, 2.24) is 10.9 Å². The normalized spacial score (nSPS) is 9.31. The maximum absolute atomic E-state index is 11.2. The van der Waals surface area contributed by atoms with Crippen molar-refractivity contribution in [2.75, 3.05) is 6.54 Å². The third-order valence-corrected chi connectivity index (χ3v) is 2.11. The SMILES string of the molecule is NCC(=O)NNC(=O)c1cccs1. The summed E-state index contributed by atoms with van der Waals surface area (Å²) in [5.41, 5.74) is 9.41. The van der Waals surface area contributed by atoms with Gasteiger partial charge in [-0.2, -0.15) is 0 Å². The van der Waals surface area contributed by atoms with Crippen molar-refractivity contribution in [3.05, 3.63) is 22.4 Å². The Labute approximate surface area is 78.9 Å². The fourth-order valence-corrected chi connectivity index (χ4v) is 1.27. The van der Waals surface area contributed by atoms with E-state index in [2.05, 4.69) is 10.9 Å². The van der Waals surface area contributed by atoms with Gasteiger partial charge in [0.1, 0.15) is 0 Å². The van der Waals surface area contributed by atoms with E-state index in [1.165, 1.54) is 11.3 Å². The molecule has 6 heteroatoms. The van der Waals surface area contributed by atoms with Crippen LogP contribution in [0, 0.1) is 0 Å². The number of carbonyl (C=O) groups is 2. The molecule has 0 saturated carbocycles. The van der Waals surface area contributed by atoms with Gasteiger partial charge in [0.05, 0.1) is 11.4 Å². The molecular weight excluding hydrogens is 190 g/mol. The van der Waals surface area contributed by atoms with E-state index in [9.17, 15) is 9.59 Å². The molecular formula is C7H9N3O2S. The molecule has 0 radical (unpaired) electrons. The largest absolute Gasteiger partial charge is 0.322 e. The molecule has 4 N–H and O–H groups in total. The number of amides is 2. The maximum atomic E-state index is 11.2. The van der Waals surface area contributed by atoms with Crippen LogP contribution < -0.4 is 16.6 Å². The second kappa shape index (κ2) is 4.58. The van der Waals surface area contributed by atoms with Gasteiger partial charge in [0, 0.05) is 0 Å². The molecule has 0 aliphatic heterocycles. The summed E-state index contributed by atoms with van der Waals surface area (Å²) in [6.45, 7) is -0.148. The molecule has 0 unspecified atom stereocenters. The van der Waals surface area contributed by atoms with E-state index in [0.29, 0.717) is 4.88 Å². The number of carbonyl (C=O) groups excluding carboxylic acids is 2. The summed E-state index contributed by atoms with van der Waals surface area (Å²) in [5.74, 6) is -0.762. The van der Waals surface area contributed by atoms with Crippen LogP contribution in [0.4, 0.5) is 0 Å². The molecule has 0 saturated heterocycles. The third kappa shape index (κ3) is 2.85. The van der Waals surface area contributed by atoms with Gasteiger partial charge in [0.15, 0.2) is 0 Å². The Morgan fingerprint density at radius 1 is 1.46 bits per heavy atom. The minimum absolute atomic E-state index is 0.148. The average Bonchev–Trinajstić information content (AvgIpc) is 2.66. The maximum Gasteiger partial charge on any atom is 0.279 e. The number of rotatable bonds is 2. The molecule has 1 aromatic heterocycles. The van der Waals surface area contributed by atoms with Gasteiger partial charge in [0.2, 0.25) is 0 Å². The first-order chi connectivity index (χ1) is 6.24. The van der Waals surface area contributed by atoms with E-state index >= 15 is 0 Å². The van der Waals surface area contributed by atoms with E-state index < -0.39 is 5.91 Å². The van der Waals surface area contributed by atoms with Crippen LogP contribution in [0.1, 0.15) is 9.67 Å². The van der Waals surface area contributed by atoms with Gasteiger partial charge in [-0.25, -0.2) is 0 Å². The van der Waals surface area contributed by atoms with Crippen molar-refractivity contribution in [3.63, 3.8) is 0 Å². The number of hydrazine groups is 1. The number of hydrogen-bond donors (Lipinski definition) is 3. The zero-order valence-corrected chi connectivity index (χ0v) is 7.56. The highest BCUT2D eigenvalue weighted by Gasteiger charge is 2.05. The Kier molecular flexibility index (Phi) is 3.41. The van der Waals surface area contributed by atoms with Crippen molar-refractivity contribution < 1.29 is 9.59 Å². The summed E-state index contributed by atoms with van der Waals surface area (Å²) >= 11 is 1.30. The minimum Gasteiger partial charge on any atom is -0.322 e. The van der Waals surface area contributed by atoms with Gasteiger partial charge in [-0.3, -0.25) is 20.4 Å². The van der Waals surface area contributed by atoms with E-state index in [-0.39, 0.29) is 12.5 Å². The molecule has 1 aromatic rings. The Morgan fingerprint density at radius 3 is 2.77 bits per heavy atom. The molecule has 13 heavy (non-hydrogen) atoms. The lowest BCUT2D eigenvalue weighted by molar-refractivity contribution is -0.120. The second-order valence-electron chi connectivity index (χ2n) is 2.18. The first-order valence-electron chi connectivity index (χ1n) is 3.57. The highest BCUT2D eigenvalue weighted by atomic mass is 32.1. The summed E-state index contributed by atoms with van der Waals surface area (Å²) in [4.78, 5) is 22.3. The lowest BCUT2D eigenvalue weighted by Gasteiger charge is -2.03. The molecule has 0 aliphatic carbocycles. The zero-order chi connectivity index (χ0) is 9.68. The lowest BCUT2D eigenvalue weighted by Crippen LogP contribution is -2.44. The molecule has 0 aromatic carbocycles. The van der Waals surface area contributed by atoms with Crippen LogP contribution in [0.3, 0.4) is 0 Å². The number of hydrogen-bond acceptors (Lipinski definition) is 4. The van der Waals surface area contributed by atoms with Crippen LogP contribution in [0.5, 0.6) is 0 Å². The van der Waals surface area contributed by atoms with Crippen LogP contribution in [-0.2, 0) is 4.79 Å². The van der Waals surface area contributed by atoms with E-state index in [1.54, 1.807) is 17.5 Å². The zero-order valence-electron chi connectivity index (χ0n) is 6.74. The van der Waals surface area contributed by atoms with Crippen molar-refractivity contribution in [1.29, 1.82) is 0 Å². The van der Waals surface area contributed by atoms with Crippen molar-refractivity contribution in [3.8, 4) is 0 Å². The smallest absolute Gasteiger partial charge is 0.279 e. The monoisotopic (exact) mass is 199 g/mol. The van der Waals surface area contributed by atoms with Crippen molar-refractivity contribution in [2.24, 2.45) is 5.73 Å². The summed E-state index contributed by atoms with van der Waals surface area (Å²) in [6, 6.07) is 3.42. The molecule has 0 atom stereocenters. The fourth-order valence-electron chi connectivity index (χ4n) is 0.647. The highest BCUT2D eigenvalue weighted by Crippen LogP contribution is 2.06. The van der Waals surface area contributed by atoms with Gasteiger partial charge in [-0.15, -0.1) is 11.3 Å². The van der Waals surface area contributed by atoms with Gasteiger partial charge in [0.25, 0.3) is 11.8 Å². The average molecular weight is 199 g/mol. The predicted octanol–water partition coefficient (Wildman–Crippen LogP) is -0.532. The molecule has 1 rings (SSSR count). The topological polar surface area (TPSA) is 84.2 Å². The molecule has 0 fully saturated rings. The molecule has 1 heterocycles. The Morgan fingerprint density at radius 2 is 2.23 bits per heavy atom. The molecule has 70 valence electrons. The van der Waals surface area contributed by atoms with Crippen LogP contribution >= 0.6 is 11.3 Å². The Balaban J connectivity index is 2.39. The molecule has 5 nitrogen and oxygen atoms in total. The Bertz CT molecular complexity index is 297. The second-order valence-corrected chi connectivity index (χ2v) is 3.13.